The molecule has 0 saturated carbocycles. The third kappa shape index (κ3) is 4.76. The van der Waals surface area contributed by atoms with Crippen molar-refractivity contribution < 1.29 is 14.6 Å². The van der Waals surface area contributed by atoms with Crippen molar-refractivity contribution in [3.05, 3.63) is 0 Å². The van der Waals surface area contributed by atoms with Gasteiger partial charge in [-0.2, -0.15) is 0 Å². The Bertz CT molecular complexity index is 181. The predicted molar refractivity (Wildman–Crippen MR) is 62.6 cm³/mol. The number of morpholine rings is 1. The van der Waals surface area contributed by atoms with Crippen LogP contribution >= 0.6 is 0 Å². The van der Waals surface area contributed by atoms with E-state index >= 15 is 0 Å². The van der Waals surface area contributed by atoms with Crippen molar-refractivity contribution in [2.75, 3.05) is 53.1 Å². The van der Waals surface area contributed by atoms with Gasteiger partial charge in [-0.25, -0.2) is 0 Å². The molecule has 1 heterocycles. The first-order valence-corrected chi connectivity index (χ1v) is 5.97. The monoisotopic (exact) mass is 232 g/mol. The highest BCUT2D eigenvalue weighted by atomic mass is 16.5. The number of methoxy groups -OCH3 is 1. The van der Waals surface area contributed by atoms with Crippen LogP contribution in [0.5, 0.6) is 0 Å². The molecule has 1 aliphatic rings. The zero-order valence-electron chi connectivity index (χ0n) is 10.3. The fourth-order valence-corrected chi connectivity index (χ4v) is 1.87. The topological polar surface area (TPSA) is 54.0 Å². The first-order chi connectivity index (χ1) is 7.80. The summed E-state index contributed by atoms with van der Waals surface area (Å²) >= 11 is 0. The van der Waals surface area contributed by atoms with Crippen LogP contribution in [0, 0.1) is 0 Å². The van der Waals surface area contributed by atoms with Gasteiger partial charge in [-0.05, 0) is 6.54 Å². The number of aliphatic hydroxyl groups is 1. The molecule has 1 fully saturated rings. The SMILES string of the molecule is CCN1CCOC(CNC(CO)COC)C1. The van der Waals surface area contributed by atoms with E-state index in [9.17, 15) is 0 Å². The molecule has 5 nitrogen and oxygen atoms in total. The molecule has 0 aromatic carbocycles. The van der Waals surface area contributed by atoms with E-state index in [1.807, 2.05) is 0 Å². The Morgan fingerprint density at radius 2 is 2.44 bits per heavy atom. The summed E-state index contributed by atoms with van der Waals surface area (Å²) in [5, 5.41) is 12.3. The second-order valence-electron chi connectivity index (χ2n) is 4.13. The van der Waals surface area contributed by atoms with Gasteiger partial charge in [0.2, 0.25) is 0 Å². The molecule has 0 spiro atoms. The molecule has 0 aromatic heterocycles. The van der Waals surface area contributed by atoms with Crippen LogP contribution in [-0.4, -0.2) is 75.3 Å². The van der Waals surface area contributed by atoms with E-state index in [4.69, 9.17) is 14.6 Å². The third-order valence-electron chi connectivity index (χ3n) is 2.89. The fourth-order valence-electron chi connectivity index (χ4n) is 1.87. The van der Waals surface area contributed by atoms with Gasteiger partial charge in [0, 0.05) is 26.7 Å². The van der Waals surface area contributed by atoms with E-state index in [2.05, 4.69) is 17.1 Å². The van der Waals surface area contributed by atoms with Crippen molar-refractivity contribution in [2.45, 2.75) is 19.1 Å². The lowest BCUT2D eigenvalue weighted by Crippen LogP contribution is -2.49. The van der Waals surface area contributed by atoms with E-state index in [1.54, 1.807) is 7.11 Å². The molecule has 0 aliphatic carbocycles. The molecular weight excluding hydrogens is 208 g/mol. The van der Waals surface area contributed by atoms with Gasteiger partial charge in [0.15, 0.2) is 0 Å². The maximum absolute atomic E-state index is 9.09. The number of likely N-dealkylation sites (N-methyl/N-ethyl adjacent to an activating group) is 1. The molecule has 1 rings (SSSR count). The predicted octanol–water partition coefficient (Wildman–Crippen LogP) is -0.696. The zero-order chi connectivity index (χ0) is 11.8. The maximum Gasteiger partial charge on any atom is 0.0826 e. The van der Waals surface area contributed by atoms with Gasteiger partial charge >= 0.3 is 0 Å². The van der Waals surface area contributed by atoms with E-state index < -0.39 is 0 Å². The lowest BCUT2D eigenvalue weighted by atomic mass is 10.2. The molecule has 2 N–H and O–H groups in total. The van der Waals surface area contributed by atoms with Crippen LogP contribution in [0.2, 0.25) is 0 Å². The highest BCUT2D eigenvalue weighted by Gasteiger charge is 2.19. The highest BCUT2D eigenvalue weighted by molar-refractivity contribution is 4.75. The maximum atomic E-state index is 9.09. The average molecular weight is 232 g/mol. The number of hydrogen-bond donors (Lipinski definition) is 2. The number of nitrogens with zero attached hydrogens (tertiary/aromatic N) is 1. The largest absolute Gasteiger partial charge is 0.395 e. The number of ether oxygens (including phenoxy) is 2. The third-order valence-corrected chi connectivity index (χ3v) is 2.89. The summed E-state index contributed by atoms with van der Waals surface area (Å²) in [6.07, 6.45) is 0.222. The molecule has 0 amide bonds. The molecule has 2 atom stereocenters. The van der Waals surface area contributed by atoms with Crippen LogP contribution in [-0.2, 0) is 9.47 Å². The second kappa shape index (κ2) is 7.97. The normalized spacial score (nSPS) is 24.6. The van der Waals surface area contributed by atoms with Gasteiger partial charge in [-0.1, -0.05) is 6.92 Å². The first-order valence-electron chi connectivity index (χ1n) is 5.97. The Kier molecular flexibility index (Phi) is 6.91. The van der Waals surface area contributed by atoms with Crippen molar-refractivity contribution in [2.24, 2.45) is 0 Å². The van der Waals surface area contributed by atoms with Gasteiger partial charge in [0.25, 0.3) is 0 Å². The summed E-state index contributed by atoms with van der Waals surface area (Å²) in [5.41, 5.74) is 0. The van der Waals surface area contributed by atoms with Gasteiger partial charge in [-0.15, -0.1) is 0 Å². The summed E-state index contributed by atoms with van der Waals surface area (Å²) in [6.45, 7) is 7.42. The Morgan fingerprint density at radius 3 is 3.06 bits per heavy atom. The van der Waals surface area contributed by atoms with Gasteiger partial charge in [-0.3, -0.25) is 4.90 Å². The summed E-state index contributed by atoms with van der Waals surface area (Å²) in [4.78, 5) is 2.38. The lowest BCUT2D eigenvalue weighted by Gasteiger charge is -2.32. The summed E-state index contributed by atoms with van der Waals surface area (Å²) < 4.78 is 10.7. The molecule has 5 heteroatoms. The van der Waals surface area contributed by atoms with Crippen LogP contribution in [0.15, 0.2) is 0 Å². The lowest BCUT2D eigenvalue weighted by molar-refractivity contribution is -0.0283. The average Bonchev–Trinajstić information content (AvgIpc) is 2.34. The molecule has 1 aliphatic heterocycles. The minimum absolute atomic E-state index is 0.00519. The number of nitrogens with one attached hydrogen (secondary N) is 1. The minimum atomic E-state index is 0.00519. The van der Waals surface area contributed by atoms with Crippen molar-refractivity contribution in [1.29, 1.82) is 0 Å². The zero-order valence-corrected chi connectivity index (χ0v) is 10.3. The van der Waals surface area contributed by atoms with Crippen molar-refractivity contribution >= 4 is 0 Å². The number of rotatable bonds is 7. The quantitative estimate of drug-likeness (QED) is 0.608. The van der Waals surface area contributed by atoms with Gasteiger partial charge in [0.05, 0.1) is 32.0 Å². The standard InChI is InChI=1S/C11H24N2O3/c1-3-13-4-5-16-11(7-13)6-12-10(8-14)9-15-2/h10-12,14H,3-9H2,1-2H3. The van der Waals surface area contributed by atoms with E-state index in [0.717, 1.165) is 32.8 Å². The van der Waals surface area contributed by atoms with Crippen LogP contribution in [0.4, 0.5) is 0 Å². The Balaban J connectivity index is 2.20. The first kappa shape index (κ1) is 13.9. The fraction of sp³-hybridized carbons (Fsp3) is 1.00. The molecule has 1 saturated heterocycles. The van der Waals surface area contributed by atoms with Crippen LogP contribution in [0.1, 0.15) is 6.92 Å². The summed E-state index contributed by atoms with van der Waals surface area (Å²) in [6, 6.07) is 0.00519. The van der Waals surface area contributed by atoms with Crippen molar-refractivity contribution in [1.82, 2.24) is 10.2 Å². The highest BCUT2D eigenvalue weighted by Crippen LogP contribution is 2.03. The smallest absolute Gasteiger partial charge is 0.0826 e. The molecule has 0 aromatic rings. The Hall–Kier alpha value is -0.200. The van der Waals surface area contributed by atoms with Gasteiger partial charge < -0.3 is 19.9 Å². The number of hydrogen-bond acceptors (Lipinski definition) is 5. The minimum Gasteiger partial charge on any atom is -0.395 e. The molecule has 0 bridgehead atoms. The summed E-state index contributed by atoms with van der Waals surface area (Å²) in [5.74, 6) is 0. The van der Waals surface area contributed by atoms with Crippen LogP contribution in [0.3, 0.4) is 0 Å². The van der Waals surface area contributed by atoms with E-state index in [0.29, 0.717) is 6.61 Å². The Labute approximate surface area is 97.7 Å². The molecule has 0 radical (unpaired) electrons. The van der Waals surface area contributed by atoms with Crippen LogP contribution in [0.25, 0.3) is 0 Å². The number of aliphatic hydroxyl groups excluding tert-OH is 1. The van der Waals surface area contributed by atoms with E-state index in [1.165, 1.54) is 0 Å². The van der Waals surface area contributed by atoms with Crippen LogP contribution < -0.4 is 5.32 Å². The summed E-state index contributed by atoms with van der Waals surface area (Å²) in [7, 11) is 1.64. The molecule has 96 valence electrons. The van der Waals surface area contributed by atoms with E-state index in [-0.39, 0.29) is 18.8 Å². The molecular formula is C11H24N2O3. The Morgan fingerprint density at radius 1 is 1.62 bits per heavy atom. The van der Waals surface area contributed by atoms with Crippen molar-refractivity contribution in [3.63, 3.8) is 0 Å². The van der Waals surface area contributed by atoms with Crippen molar-refractivity contribution in [3.8, 4) is 0 Å². The van der Waals surface area contributed by atoms with Gasteiger partial charge in [0.1, 0.15) is 0 Å². The molecule has 16 heavy (non-hydrogen) atoms. The molecule has 2 unspecified atom stereocenters. The second-order valence-corrected chi connectivity index (χ2v) is 4.13.